The summed E-state index contributed by atoms with van der Waals surface area (Å²) in [6.45, 7) is 1.84. The van der Waals surface area contributed by atoms with Crippen molar-refractivity contribution in [3.63, 3.8) is 0 Å². The molecule has 1 aromatic heterocycles. The molecule has 2 aromatic carbocycles. The van der Waals surface area contributed by atoms with E-state index in [-0.39, 0.29) is 23.5 Å². The topological polar surface area (TPSA) is 95.1 Å². The predicted molar refractivity (Wildman–Crippen MR) is 106 cm³/mol. The molecule has 1 atom stereocenters. The minimum Gasteiger partial charge on any atom is -0.497 e. The number of halogens is 1. The summed E-state index contributed by atoms with van der Waals surface area (Å²) >= 11 is 1.19. The van der Waals surface area contributed by atoms with Gasteiger partial charge in [-0.05, 0) is 48.9 Å². The summed E-state index contributed by atoms with van der Waals surface area (Å²) in [5.74, 6) is 6.92. The highest BCUT2D eigenvalue weighted by atomic mass is 32.2. The van der Waals surface area contributed by atoms with Crippen LogP contribution >= 0.6 is 11.8 Å². The van der Waals surface area contributed by atoms with Crippen LogP contribution in [-0.4, -0.2) is 33.6 Å². The smallest absolute Gasteiger partial charge is 0.230 e. The van der Waals surface area contributed by atoms with Crippen LogP contribution in [0.25, 0.3) is 11.4 Å². The van der Waals surface area contributed by atoms with E-state index in [9.17, 15) is 9.18 Å². The molecule has 1 heterocycles. The lowest BCUT2D eigenvalue weighted by Crippen LogP contribution is -2.28. The van der Waals surface area contributed by atoms with E-state index in [1.54, 1.807) is 31.4 Å². The summed E-state index contributed by atoms with van der Waals surface area (Å²) in [4.78, 5) is 12.2. The van der Waals surface area contributed by atoms with E-state index >= 15 is 0 Å². The lowest BCUT2D eigenvalue weighted by Gasteiger charge is -2.14. The van der Waals surface area contributed by atoms with Crippen LogP contribution in [0.2, 0.25) is 0 Å². The minimum atomic E-state index is -0.312. The molecular weight excluding hydrogens is 381 g/mol. The fourth-order valence-electron chi connectivity index (χ4n) is 2.56. The minimum absolute atomic E-state index is 0.128. The van der Waals surface area contributed by atoms with Gasteiger partial charge in [0.25, 0.3) is 0 Å². The molecule has 0 bridgehead atoms. The first kappa shape index (κ1) is 19.7. The third-order valence-electron chi connectivity index (χ3n) is 4.09. The normalized spacial score (nSPS) is 11.8. The molecule has 0 saturated carbocycles. The number of thioether (sulfide) groups is 1. The summed E-state index contributed by atoms with van der Waals surface area (Å²) < 4.78 is 19.5. The molecule has 146 valence electrons. The number of carbonyl (C=O) groups is 1. The number of carbonyl (C=O) groups excluding carboxylic acids is 1. The second-order valence-electron chi connectivity index (χ2n) is 6.03. The van der Waals surface area contributed by atoms with Crippen LogP contribution in [0.5, 0.6) is 5.75 Å². The van der Waals surface area contributed by atoms with Crippen molar-refractivity contribution in [2.24, 2.45) is 0 Å². The van der Waals surface area contributed by atoms with Gasteiger partial charge in [0.15, 0.2) is 5.82 Å². The zero-order valence-corrected chi connectivity index (χ0v) is 16.2. The van der Waals surface area contributed by atoms with E-state index in [0.29, 0.717) is 11.0 Å². The first-order chi connectivity index (χ1) is 13.5. The SMILES string of the molecule is COc1ccc(-c2nnc(SCC(=O)NC(C)c3ccc(F)cc3)n2N)cc1. The molecule has 1 amide bonds. The van der Waals surface area contributed by atoms with Gasteiger partial charge in [-0.3, -0.25) is 4.79 Å². The van der Waals surface area contributed by atoms with Crippen LogP contribution in [0.15, 0.2) is 53.7 Å². The largest absolute Gasteiger partial charge is 0.497 e. The number of hydrogen-bond acceptors (Lipinski definition) is 6. The zero-order chi connectivity index (χ0) is 20.1. The van der Waals surface area contributed by atoms with Gasteiger partial charge in [0.1, 0.15) is 11.6 Å². The molecule has 0 radical (unpaired) electrons. The number of aromatic nitrogens is 3. The Morgan fingerprint density at radius 3 is 2.54 bits per heavy atom. The monoisotopic (exact) mass is 401 g/mol. The number of nitrogens with zero attached hydrogens (tertiary/aromatic N) is 3. The van der Waals surface area contributed by atoms with Gasteiger partial charge in [-0.25, -0.2) is 9.07 Å². The first-order valence-corrected chi connectivity index (χ1v) is 9.49. The number of ether oxygens (including phenoxy) is 1. The van der Waals surface area contributed by atoms with Gasteiger partial charge >= 0.3 is 0 Å². The number of nitrogen functional groups attached to an aromatic ring is 1. The Hall–Kier alpha value is -3.07. The fourth-order valence-corrected chi connectivity index (χ4v) is 3.23. The Morgan fingerprint density at radius 2 is 1.89 bits per heavy atom. The predicted octanol–water partition coefficient (Wildman–Crippen LogP) is 2.78. The molecule has 0 fully saturated rings. The second kappa shape index (κ2) is 8.75. The quantitative estimate of drug-likeness (QED) is 0.467. The maximum Gasteiger partial charge on any atom is 0.230 e. The number of amides is 1. The third-order valence-corrected chi connectivity index (χ3v) is 5.04. The van der Waals surface area contributed by atoms with Crippen molar-refractivity contribution in [2.75, 3.05) is 18.7 Å². The van der Waals surface area contributed by atoms with Crippen molar-refractivity contribution < 1.29 is 13.9 Å². The number of nitrogens with one attached hydrogen (secondary N) is 1. The summed E-state index contributed by atoms with van der Waals surface area (Å²) in [5.41, 5.74) is 1.61. The van der Waals surface area contributed by atoms with Crippen LogP contribution in [-0.2, 0) is 4.79 Å². The van der Waals surface area contributed by atoms with Crippen LogP contribution in [0, 0.1) is 5.82 Å². The number of benzene rings is 2. The van der Waals surface area contributed by atoms with Crippen LogP contribution in [0.3, 0.4) is 0 Å². The molecule has 1 unspecified atom stereocenters. The third kappa shape index (κ3) is 4.61. The Bertz CT molecular complexity index is 944. The highest BCUT2D eigenvalue weighted by molar-refractivity contribution is 7.99. The van der Waals surface area contributed by atoms with Gasteiger partial charge in [0.05, 0.1) is 18.9 Å². The molecule has 3 rings (SSSR count). The molecule has 28 heavy (non-hydrogen) atoms. The summed E-state index contributed by atoms with van der Waals surface area (Å²) in [6.07, 6.45) is 0. The van der Waals surface area contributed by atoms with Crippen LogP contribution in [0.4, 0.5) is 4.39 Å². The van der Waals surface area contributed by atoms with Crippen molar-refractivity contribution in [1.82, 2.24) is 20.2 Å². The summed E-state index contributed by atoms with van der Waals surface area (Å²) in [7, 11) is 1.59. The molecule has 3 N–H and O–H groups in total. The molecule has 0 aliphatic carbocycles. The summed E-state index contributed by atoms with van der Waals surface area (Å²) in [5, 5.41) is 11.4. The van der Waals surface area contributed by atoms with Gasteiger partial charge in [-0.2, -0.15) is 0 Å². The summed E-state index contributed by atoms with van der Waals surface area (Å²) in [6, 6.07) is 13.1. The van der Waals surface area contributed by atoms with Gasteiger partial charge in [-0.15, -0.1) is 10.2 Å². The maximum atomic E-state index is 13.0. The lowest BCUT2D eigenvalue weighted by molar-refractivity contribution is -0.119. The van der Waals surface area contributed by atoms with E-state index in [0.717, 1.165) is 16.9 Å². The standard InChI is InChI=1S/C19H20FN5O2S/c1-12(13-3-7-15(20)8-4-13)22-17(26)11-28-19-24-23-18(25(19)21)14-5-9-16(27-2)10-6-14/h3-10,12H,11,21H2,1-2H3,(H,22,26). The fraction of sp³-hybridized carbons (Fsp3) is 0.211. The van der Waals surface area contributed by atoms with E-state index in [1.165, 1.54) is 28.6 Å². The van der Waals surface area contributed by atoms with Crippen molar-refractivity contribution in [3.8, 4) is 17.1 Å². The van der Waals surface area contributed by atoms with Crippen LogP contribution < -0.4 is 15.9 Å². The van der Waals surface area contributed by atoms with E-state index < -0.39 is 0 Å². The first-order valence-electron chi connectivity index (χ1n) is 8.50. The molecule has 0 spiro atoms. The highest BCUT2D eigenvalue weighted by Crippen LogP contribution is 2.23. The number of methoxy groups -OCH3 is 1. The lowest BCUT2D eigenvalue weighted by atomic mass is 10.1. The molecule has 0 aliphatic heterocycles. The van der Waals surface area contributed by atoms with Gasteiger partial charge < -0.3 is 15.9 Å². The van der Waals surface area contributed by atoms with Gasteiger partial charge in [0.2, 0.25) is 11.1 Å². The molecule has 3 aromatic rings. The van der Waals surface area contributed by atoms with Crippen LogP contribution in [0.1, 0.15) is 18.5 Å². The second-order valence-corrected chi connectivity index (χ2v) is 6.98. The van der Waals surface area contributed by atoms with Crippen molar-refractivity contribution in [1.29, 1.82) is 0 Å². The Kier molecular flexibility index (Phi) is 6.15. The number of rotatable bonds is 7. The highest BCUT2D eigenvalue weighted by Gasteiger charge is 2.15. The van der Waals surface area contributed by atoms with Gasteiger partial charge in [0, 0.05) is 5.56 Å². The molecule has 9 heteroatoms. The van der Waals surface area contributed by atoms with Crippen molar-refractivity contribution >= 4 is 17.7 Å². The van der Waals surface area contributed by atoms with Gasteiger partial charge in [-0.1, -0.05) is 23.9 Å². The van der Waals surface area contributed by atoms with E-state index in [2.05, 4.69) is 15.5 Å². The number of nitrogens with two attached hydrogens (primary N) is 1. The van der Waals surface area contributed by atoms with Crippen molar-refractivity contribution in [2.45, 2.75) is 18.1 Å². The van der Waals surface area contributed by atoms with Crippen molar-refractivity contribution in [3.05, 3.63) is 59.9 Å². The molecule has 0 aliphatic rings. The molecule has 7 nitrogen and oxygen atoms in total. The molecular formula is C19H20FN5O2S. The van der Waals surface area contributed by atoms with E-state index in [1.807, 2.05) is 19.1 Å². The zero-order valence-electron chi connectivity index (χ0n) is 15.4. The average Bonchev–Trinajstić information content (AvgIpc) is 3.07. The Labute approximate surface area is 166 Å². The van der Waals surface area contributed by atoms with E-state index in [4.69, 9.17) is 10.6 Å². The Morgan fingerprint density at radius 1 is 1.21 bits per heavy atom. The number of hydrogen-bond donors (Lipinski definition) is 2. The average molecular weight is 401 g/mol. The maximum absolute atomic E-state index is 13.0. The Balaban J connectivity index is 1.59. The molecule has 0 saturated heterocycles.